The lowest BCUT2D eigenvalue weighted by Gasteiger charge is -2.31. The SMILES string of the molecule is NCC1(c2ccccc2)CCCCCCSS1. The van der Waals surface area contributed by atoms with E-state index in [2.05, 4.69) is 30.3 Å². The Morgan fingerprint density at radius 2 is 1.82 bits per heavy atom. The van der Waals surface area contributed by atoms with Crippen molar-refractivity contribution in [2.24, 2.45) is 5.73 Å². The fourth-order valence-electron chi connectivity index (χ4n) is 2.31. The Hall–Kier alpha value is -0.120. The fraction of sp³-hybridized carbons (Fsp3) is 0.571. The molecule has 1 aromatic carbocycles. The average Bonchev–Trinajstić information content (AvgIpc) is 2.52. The van der Waals surface area contributed by atoms with E-state index < -0.39 is 0 Å². The van der Waals surface area contributed by atoms with Crippen molar-refractivity contribution in [1.82, 2.24) is 0 Å². The molecule has 94 valence electrons. The summed E-state index contributed by atoms with van der Waals surface area (Å²) in [6.07, 6.45) is 6.61. The van der Waals surface area contributed by atoms with Crippen LogP contribution in [0.3, 0.4) is 0 Å². The topological polar surface area (TPSA) is 26.0 Å². The zero-order chi connectivity index (χ0) is 12.0. The molecule has 17 heavy (non-hydrogen) atoms. The minimum absolute atomic E-state index is 0.135. The molecule has 1 aliphatic rings. The van der Waals surface area contributed by atoms with E-state index in [1.165, 1.54) is 43.4 Å². The maximum atomic E-state index is 6.11. The third-order valence-corrected chi connectivity index (χ3v) is 6.72. The van der Waals surface area contributed by atoms with Crippen LogP contribution < -0.4 is 5.73 Å². The van der Waals surface area contributed by atoms with E-state index in [1.807, 2.05) is 21.6 Å². The lowest BCUT2D eigenvalue weighted by Crippen LogP contribution is -2.31. The van der Waals surface area contributed by atoms with Crippen LogP contribution in [0.5, 0.6) is 0 Å². The number of rotatable bonds is 2. The van der Waals surface area contributed by atoms with Gasteiger partial charge < -0.3 is 5.73 Å². The van der Waals surface area contributed by atoms with Crippen molar-refractivity contribution in [3.8, 4) is 0 Å². The van der Waals surface area contributed by atoms with Crippen LogP contribution in [0, 0.1) is 0 Å². The van der Waals surface area contributed by atoms with Gasteiger partial charge in [0.15, 0.2) is 0 Å². The van der Waals surface area contributed by atoms with Gasteiger partial charge in [0.25, 0.3) is 0 Å². The van der Waals surface area contributed by atoms with Crippen LogP contribution in [0.4, 0.5) is 0 Å². The molecule has 1 fully saturated rings. The highest BCUT2D eigenvalue weighted by Crippen LogP contribution is 2.47. The average molecular weight is 267 g/mol. The van der Waals surface area contributed by atoms with Crippen LogP contribution in [0.15, 0.2) is 30.3 Å². The first-order valence-corrected chi connectivity index (χ1v) is 8.75. The van der Waals surface area contributed by atoms with E-state index in [9.17, 15) is 0 Å². The summed E-state index contributed by atoms with van der Waals surface area (Å²) in [6, 6.07) is 10.8. The highest BCUT2D eigenvalue weighted by atomic mass is 33.1. The Balaban J connectivity index is 2.20. The minimum atomic E-state index is 0.135. The molecular formula is C14H21NS2. The van der Waals surface area contributed by atoms with Crippen LogP contribution in [0.2, 0.25) is 0 Å². The molecule has 1 heterocycles. The van der Waals surface area contributed by atoms with E-state index in [-0.39, 0.29) is 4.75 Å². The third-order valence-electron chi connectivity index (χ3n) is 3.41. The zero-order valence-electron chi connectivity index (χ0n) is 10.2. The molecule has 1 unspecified atom stereocenters. The molecule has 0 spiro atoms. The van der Waals surface area contributed by atoms with Crippen molar-refractivity contribution in [2.75, 3.05) is 12.3 Å². The van der Waals surface area contributed by atoms with Gasteiger partial charge in [0.05, 0.1) is 4.75 Å². The maximum absolute atomic E-state index is 6.11. The summed E-state index contributed by atoms with van der Waals surface area (Å²) in [5.74, 6) is 1.26. The van der Waals surface area contributed by atoms with Gasteiger partial charge in [-0.15, -0.1) is 0 Å². The van der Waals surface area contributed by atoms with Crippen molar-refractivity contribution in [3.05, 3.63) is 35.9 Å². The van der Waals surface area contributed by atoms with E-state index in [4.69, 9.17) is 5.73 Å². The van der Waals surface area contributed by atoms with Crippen LogP contribution in [-0.4, -0.2) is 12.3 Å². The lowest BCUT2D eigenvalue weighted by molar-refractivity contribution is 0.527. The molecule has 1 aliphatic heterocycles. The van der Waals surface area contributed by atoms with Gasteiger partial charge in [-0.2, -0.15) is 0 Å². The minimum Gasteiger partial charge on any atom is -0.329 e. The first-order chi connectivity index (χ1) is 8.37. The molecule has 1 atom stereocenters. The smallest absolute Gasteiger partial charge is 0.0633 e. The highest BCUT2D eigenvalue weighted by molar-refractivity contribution is 8.77. The predicted octanol–water partition coefficient (Wildman–Crippen LogP) is 4.19. The highest BCUT2D eigenvalue weighted by Gasteiger charge is 2.31. The first-order valence-electron chi connectivity index (χ1n) is 6.44. The lowest BCUT2D eigenvalue weighted by atomic mass is 9.92. The molecule has 0 bridgehead atoms. The molecule has 2 rings (SSSR count). The number of benzene rings is 1. The summed E-state index contributed by atoms with van der Waals surface area (Å²) in [6.45, 7) is 0.745. The number of nitrogens with two attached hydrogens (primary N) is 1. The fourth-order valence-corrected chi connectivity index (χ4v) is 5.49. The van der Waals surface area contributed by atoms with Crippen LogP contribution in [-0.2, 0) is 4.75 Å². The summed E-state index contributed by atoms with van der Waals surface area (Å²) in [5.41, 5.74) is 7.51. The molecule has 0 amide bonds. The van der Waals surface area contributed by atoms with Crippen LogP contribution >= 0.6 is 21.6 Å². The molecule has 2 N–H and O–H groups in total. The van der Waals surface area contributed by atoms with Crippen molar-refractivity contribution in [3.63, 3.8) is 0 Å². The molecule has 1 saturated heterocycles. The van der Waals surface area contributed by atoms with Crippen LogP contribution in [0.1, 0.15) is 37.7 Å². The van der Waals surface area contributed by atoms with Gasteiger partial charge in [0.2, 0.25) is 0 Å². The maximum Gasteiger partial charge on any atom is 0.0633 e. The molecule has 1 nitrogen and oxygen atoms in total. The monoisotopic (exact) mass is 267 g/mol. The molecule has 3 heteroatoms. The molecular weight excluding hydrogens is 246 g/mol. The zero-order valence-corrected chi connectivity index (χ0v) is 11.9. The first kappa shape index (κ1) is 13.3. The molecule has 0 aromatic heterocycles. The Bertz CT molecular complexity index is 316. The Labute approximate surface area is 112 Å². The summed E-state index contributed by atoms with van der Waals surface area (Å²) < 4.78 is 0.135. The predicted molar refractivity (Wildman–Crippen MR) is 80.3 cm³/mol. The van der Waals surface area contributed by atoms with Crippen molar-refractivity contribution >= 4 is 21.6 Å². The molecule has 1 aromatic rings. The summed E-state index contributed by atoms with van der Waals surface area (Å²) in [7, 11) is 4.01. The summed E-state index contributed by atoms with van der Waals surface area (Å²) >= 11 is 0. The van der Waals surface area contributed by atoms with Gasteiger partial charge >= 0.3 is 0 Å². The third kappa shape index (κ3) is 3.43. The number of hydrogen-bond acceptors (Lipinski definition) is 3. The van der Waals surface area contributed by atoms with Crippen LogP contribution in [0.25, 0.3) is 0 Å². The van der Waals surface area contributed by atoms with Gasteiger partial charge in [0, 0.05) is 12.3 Å². The second kappa shape index (κ2) is 6.72. The van der Waals surface area contributed by atoms with Gasteiger partial charge in [-0.05, 0) is 18.4 Å². The second-order valence-electron chi connectivity index (χ2n) is 4.63. The summed E-state index contributed by atoms with van der Waals surface area (Å²) in [5, 5.41) is 0. The normalized spacial score (nSPS) is 26.9. The van der Waals surface area contributed by atoms with Gasteiger partial charge in [0.1, 0.15) is 0 Å². The van der Waals surface area contributed by atoms with Gasteiger partial charge in [-0.3, -0.25) is 0 Å². The van der Waals surface area contributed by atoms with E-state index in [1.54, 1.807) is 0 Å². The summed E-state index contributed by atoms with van der Waals surface area (Å²) in [4.78, 5) is 0. The van der Waals surface area contributed by atoms with Crippen molar-refractivity contribution in [2.45, 2.75) is 36.9 Å². The second-order valence-corrected chi connectivity index (χ2v) is 7.43. The van der Waals surface area contributed by atoms with Gasteiger partial charge in [-0.1, -0.05) is 71.2 Å². The van der Waals surface area contributed by atoms with E-state index >= 15 is 0 Å². The van der Waals surface area contributed by atoms with Crippen molar-refractivity contribution < 1.29 is 0 Å². The number of hydrogen-bond donors (Lipinski definition) is 1. The quantitative estimate of drug-likeness (QED) is 0.814. The van der Waals surface area contributed by atoms with E-state index in [0.717, 1.165) is 6.54 Å². The molecule has 0 radical (unpaired) electrons. The molecule has 0 aliphatic carbocycles. The standard InChI is InChI=1S/C14H21NS2/c15-12-14(13-8-4-3-5-9-13)10-6-1-2-7-11-16-17-14/h3-5,8-9H,1-2,6-7,10-12,15H2. The molecule has 0 saturated carbocycles. The Morgan fingerprint density at radius 1 is 1.06 bits per heavy atom. The Morgan fingerprint density at radius 3 is 2.59 bits per heavy atom. The Kier molecular flexibility index (Phi) is 5.26. The van der Waals surface area contributed by atoms with Crippen molar-refractivity contribution in [1.29, 1.82) is 0 Å². The van der Waals surface area contributed by atoms with Gasteiger partial charge in [-0.25, -0.2) is 0 Å². The largest absolute Gasteiger partial charge is 0.329 e. The van der Waals surface area contributed by atoms with E-state index in [0.29, 0.717) is 0 Å².